The summed E-state index contributed by atoms with van der Waals surface area (Å²) in [7, 11) is 3.31. The maximum absolute atomic E-state index is 5.52. The standard InChI is InChI=1S/C28H28N4O2/c1-5-10-30-20(2)19-32(25-14-26(33-3)16-27(15-25)34-4)24-8-9-28-22(13-24)12-23(18-31-28)21-7-6-11-29-17-21/h5-18H,19H2,1-4H3/b10-5-,30-20?. The van der Waals surface area contributed by atoms with Gasteiger partial charge in [0.1, 0.15) is 11.5 Å². The van der Waals surface area contributed by atoms with E-state index in [9.17, 15) is 0 Å². The Morgan fingerprint density at radius 1 is 0.941 bits per heavy atom. The van der Waals surface area contributed by atoms with Gasteiger partial charge < -0.3 is 14.4 Å². The molecule has 4 rings (SSSR count). The molecule has 0 atom stereocenters. The number of hydrogen-bond donors (Lipinski definition) is 0. The molecule has 0 amide bonds. The van der Waals surface area contributed by atoms with Gasteiger partial charge in [0.2, 0.25) is 0 Å². The molecule has 0 unspecified atom stereocenters. The minimum absolute atomic E-state index is 0.599. The molecule has 6 heteroatoms. The van der Waals surface area contributed by atoms with E-state index in [0.717, 1.165) is 50.6 Å². The van der Waals surface area contributed by atoms with Crippen LogP contribution in [-0.4, -0.2) is 36.4 Å². The molecule has 0 aliphatic rings. The highest BCUT2D eigenvalue weighted by molar-refractivity contribution is 5.92. The average Bonchev–Trinajstić information content (AvgIpc) is 2.90. The summed E-state index contributed by atoms with van der Waals surface area (Å²) in [5, 5.41) is 1.04. The number of pyridine rings is 2. The molecule has 0 saturated carbocycles. The van der Waals surface area contributed by atoms with E-state index in [4.69, 9.17) is 9.47 Å². The van der Waals surface area contributed by atoms with E-state index < -0.39 is 0 Å². The van der Waals surface area contributed by atoms with Crippen molar-refractivity contribution in [2.45, 2.75) is 13.8 Å². The van der Waals surface area contributed by atoms with E-state index >= 15 is 0 Å². The van der Waals surface area contributed by atoms with Gasteiger partial charge in [-0.25, -0.2) is 0 Å². The number of allylic oxidation sites excluding steroid dienone is 1. The lowest BCUT2D eigenvalue weighted by Crippen LogP contribution is -2.23. The van der Waals surface area contributed by atoms with Gasteiger partial charge in [-0.2, -0.15) is 0 Å². The molecule has 6 nitrogen and oxygen atoms in total. The van der Waals surface area contributed by atoms with Crippen molar-refractivity contribution in [3.05, 3.63) is 85.5 Å². The summed E-state index contributed by atoms with van der Waals surface area (Å²) in [5.41, 5.74) is 5.93. The van der Waals surface area contributed by atoms with Gasteiger partial charge in [0.05, 0.1) is 26.3 Å². The van der Waals surface area contributed by atoms with E-state index in [1.165, 1.54) is 0 Å². The van der Waals surface area contributed by atoms with Gasteiger partial charge in [0, 0.05) is 76.6 Å². The summed E-state index contributed by atoms with van der Waals surface area (Å²) in [6, 6.07) is 18.3. The van der Waals surface area contributed by atoms with Crippen molar-refractivity contribution in [1.82, 2.24) is 9.97 Å². The van der Waals surface area contributed by atoms with Gasteiger partial charge >= 0.3 is 0 Å². The van der Waals surface area contributed by atoms with Crippen molar-refractivity contribution in [2.75, 3.05) is 25.7 Å². The SMILES string of the molecule is C/C=C\N=C(C)CN(c1cc(OC)cc(OC)c1)c1ccc2ncc(-c3cccnc3)cc2c1. The maximum Gasteiger partial charge on any atom is 0.124 e. The second-order valence-electron chi connectivity index (χ2n) is 7.85. The zero-order valence-electron chi connectivity index (χ0n) is 19.9. The molecule has 0 aliphatic carbocycles. The molecule has 0 saturated heterocycles. The number of fused-ring (bicyclic) bond motifs is 1. The van der Waals surface area contributed by atoms with Crippen LogP contribution in [-0.2, 0) is 0 Å². The minimum Gasteiger partial charge on any atom is -0.497 e. The van der Waals surface area contributed by atoms with E-state index in [0.29, 0.717) is 6.54 Å². The largest absolute Gasteiger partial charge is 0.497 e. The fraction of sp³-hybridized carbons (Fsp3) is 0.179. The van der Waals surface area contributed by atoms with Crippen LogP contribution in [0.1, 0.15) is 13.8 Å². The molecule has 2 aromatic heterocycles. The second-order valence-corrected chi connectivity index (χ2v) is 7.85. The Hall–Kier alpha value is -4.19. The summed E-state index contributed by atoms with van der Waals surface area (Å²) < 4.78 is 11.0. The first-order chi connectivity index (χ1) is 16.6. The lowest BCUT2D eigenvalue weighted by atomic mass is 10.1. The molecule has 34 heavy (non-hydrogen) atoms. The quantitative estimate of drug-likeness (QED) is 0.288. The summed E-state index contributed by atoms with van der Waals surface area (Å²) in [6.07, 6.45) is 9.24. The Bertz CT molecular complexity index is 1310. The van der Waals surface area contributed by atoms with E-state index in [2.05, 4.69) is 38.1 Å². The molecule has 4 aromatic rings. The summed E-state index contributed by atoms with van der Waals surface area (Å²) >= 11 is 0. The molecule has 0 radical (unpaired) electrons. The fourth-order valence-electron chi connectivity index (χ4n) is 3.73. The molecule has 2 heterocycles. The lowest BCUT2D eigenvalue weighted by molar-refractivity contribution is 0.394. The molecule has 0 N–H and O–H groups in total. The number of aliphatic imine (C=N–C) groups is 1. The lowest BCUT2D eigenvalue weighted by Gasteiger charge is -2.26. The van der Waals surface area contributed by atoms with Gasteiger partial charge in [-0.3, -0.25) is 15.0 Å². The van der Waals surface area contributed by atoms with Crippen LogP contribution in [0.5, 0.6) is 11.5 Å². The third kappa shape index (κ3) is 5.23. The molecule has 2 aromatic carbocycles. The zero-order chi connectivity index (χ0) is 23.9. The van der Waals surface area contributed by atoms with Crippen LogP contribution in [0.15, 0.2) is 90.5 Å². The highest BCUT2D eigenvalue weighted by Gasteiger charge is 2.15. The number of anilines is 2. The Morgan fingerprint density at radius 2 is 1.74 bits per heavy atom. The van der Waals surface area contributed by atoms with Crippen LogP contribution in [0.4, 0.5) is 11.4 Å². The summed E-state index contributed by atoms with van der Waals surface area (Å²) in [4.78, 5) is 15.7. The van der Waals surface area contributed by atoms with Gasteiger partial charge in [-0.1, -0.05) is 12.1 Å². The van der Waals surface area contributed by atoms with Gasteiger partial charge in [0.15, 0.2) is 0 Å². The minimum atomic E-state index is 0.599. The summed E-state index contributed by atoms with van der Waals surface area (Å²) in [6.45, 7) is 4.58. The molecule has 0 aliphatic heterocycles. The van der Waals surface area contributed by atoms with Crippen molar-refractivity contribution >= 4 is 28.0 Å². The summed E-state index contributed by atoms with van der Waals surface area (Å²) in [5.74, 6) is 1.45. The number of ether oxygens (including phenoxy) is 2. The Kier molecular flexibility index (Phi) is 7.18. The number of nitrogens with zero attached hydrogens (tertiary/aromatic N) is 4. The van der Waals surface area contributed by atoms with Crippen LogP contribution >= 0.6 is 0 Å². The molecule has 0 spiro atoms. The first-order valence-corrected chi connectivity index (χ1v) is 11.1. The Morgan fingerprint density at radius 3 is 2.41 bits per heavy atom. The molecule has 172 valence electrons. The second kappa shape index (κ2) is 10.6. The normalized spacial score (nSPS) is 11.7. The van der Waals surface area contributed by atoms with Crippen molar-refractivity contribution in [3.63, 3.8) is 0 Å². The first kappa shape index (κ1) is 23.0. The Balaban J connectivity index is 1.82. The average molecular weight is 453 g/mol. The molecular weight excluding hydrogens is 424 g/mol. The van der Waals surface area contributed by atoms with Crippen molar-refractivity contribution in [2.24, 2.45) is 4.99 Å². The molecule has 0 fully saturated rings. The predicted molar refractivity (Wildman–Crippen MR) is 139 cm³/mol. The smallest absolute Gasteiger partial charge is 0.124 e. The Labute approximate surface area is 200 Å². The number of benzene rings is 2. The number of methoxy groups -OCH3 is 2. The van der Waals surface area contributed by atoms with E-state index in [1.807, 2.05) is 74.9 Å². The monoisotopic (exact) mass is 452 g/mol. The zero-order valence-corrected chi connectivity index (χ0v) is 19.9. The van der Waals surface area contributed by atoms with Crippen LogP contribution in [0.2, 0.25) is 0 Å². The van der Waals surface area contributed by atoms with Crippen LogP contribution in [0.25, 0.3) is 22.0 Å². The van der Waals surface area contributed by atoms with Crippen LogP contribution in [0.3, 0.4) is 0 Å². The molecule has 0 bridgehead atoms. The highest BCUT2D eigenvalue weighted by Crippen LogP contribution is 2.34. The number of aromatic nitrogens is 2. The van der Waals surface area contributed by atoms with Crippen molar-refractivity contribution in [3.8, 4) is 22.6 Å². The van der Waals surface area contributed by atoms with Crippen molar-refractivity contribution in [1.29, 1.82) is 0 Å². The topological polar surface area (TPSA) is 59.8 Å². The third-order valence-electron chi connectivity index (χ3n) is 5.45. The number of rotatable bonds is 8. The maximum atomic E-state index is 5.52. The predicted octanol–water partition coefficient (Wildman–Crippen LogP) is 6.45. The van der Waals surface area contributed by atoms with Gasteiger partial charge in [-0.15, -0.1) is 0 Å². The van der Waals surface area contributed by atoms with Gasteiger partial charge in [-0.05, 0) is 44.2 Å². The van der Waals surface area contributed by atoms with E-state index in [-0.39, 0.29) is 0 Å². The van der Waals surface area contributed by atoms with Crippen LogP contribution < -0.4 is 14.4 Å². The van der Waals surface area contributed by atoms with E-state index in [1.54, 1.807) is 20.4 Å². The number of hydrogen-bond acceptors (Lipinski definition) is 6. The highest BCUT2D eigenvalue weighted by atomic mass is 16.5. The van der Waals surface area contributed by atoms with Crippen LogP contribution in [0, 0.1) is 0 Å². The van der Waals surface area contributed by atoms with Gasteiger partial charge in [0.25, 0.3) is 0 Å². The first-order valence-electron chi connectivity index (χ1n) is 11.1. The fourth-order valence-corrected chi connectivity index (χ4v) is 3.73. The third-order valence-corrected chi connectivity index (χ3v) is 5.45. The molecular formula is C28H28N4O2. The van der Waals surface area contributed by atoms with Crippen molar-refractivity contribution < 1.29 is 9.47 Å².